The van der Waals surface area contributed by atoms with E-state index >= 15 is 0 Å². The van der Waals surface area contributed by atoms with Crippen molar-refractivity contribution in [1.29, 1.82) is 0 Å². The van der Waals surface area contributed by atoms with Gasteiger partial charge in [0.05, 0.1) is 0 Å². The topological polar surface area (TPSA) is 41.1 Å². The minimum absolute atomic E-state index is 0.0327. The van der Waals surface area contributed by atoms with Gasteiger partial charge in [-0.25, -0.2) is 0 Å². The summed E-state index contributed by atoms with van der Waals surface area (Å²) in [6.07, 6.45) is 5.21. The number of benzene rings is 1. The first-order valence-corrected chi connectivity index (χ1v) is 6.95. The van der Waals surface area contributed by atoms with Gasteiger partial charge in [0.2, 0.25) is 5.91 Å². The summed E-state index contributed by atoms with van der Waals surface area (Å²) in [6.45, 7) is 0.921. The number of rotatable bonds is 3. The molecule has 1 amide bonds. The molecule has 1 aromatic rings. The lowest BCUT2D eigenvalue weighted by Gasteiger charge is -2.15. The summed E-state index contributed by atoms with van der Waals surface area (Å²) >= 11 is 6.00. The predicted octanol–water partition coefficient (Wildman–Crippen LogP) is 3.11. The van der Waals surface area contributed by atoms with Crippen LogP contribution < -0.4 is 10.6 Å². The van der Waals surface area contributed by atoms with Crippen LogP contribution in [0.15, 0.2) is 18.2 Å². The lowest BCUT2D eigenvalue weighted by atomic mass is 10.1. The van der Waals surface area contributed by atoms with E-state index < -0.39 is 0 Å². The van der Waals surface area contributed by atoms with Gasteiger partial charge in [0.25, 0.3) is 0 Å². The first-order valence-electron chi connectivity index (χ1n) is 6.58. The molecule has 2 N–H and O–H groups in total. The fraction of sp³-hybridized carbons (Fsp3) is 0.500. The summed E-state index contributed by atoms with van der Waals surface area (Å²) < 4.78 is 0. The van der Waals surface area contributed by atoms with Gasteiger partial charge < -0.3 is 10.6 Å². The number of hydrogen-bond acceptors (Lipinski definition) is 2. The minimum atomic E-state index is -0.237. The third-order valence-corrected chi connectivity index (χ3v) is 4.17. The number of fused-ring (bicyclic) bond motifs is 1. The molecule has 1 saturated carbocycles. The second-order valence-corrected chi connectivity index (χ2v) is 5.65. The number of carbonyl (C=O) groups excluding carboxylic acids is 1. The molecule has 3 nitrogen and oxygen atoms in total. The van der Waals surface area contributed by atoms with Crippen molar-refractivity contribution >= 4 is 23.2 Å². The van der Waals surface area contributed by atoms with E-state index in [-0.39, 0.29) is 11.9 Å². The summed E-state index contributed by atoms with van der Waals surface area (Å²) in [6, 6.07) is 5.31. The number of amides is 1. The Kier molecular flexibility index (Phi) is 3.27. The third kappa shape index (κ3) is 2.25. The highest BCUT2D eigenvalue weighted by Crippen LogP contribution is 2.33. The van der Waals surface area contributed by atoms with E-state index in [1.807, 2.05) is 12.1 Å². The highest BCUT2D eigenvalue weighted by Gasteiger charge is 2.31. The molecular weight excluding hydrogens is 248 g/mol. The molecule has 0 saturated heterocycles. The molecule has 1 aliphatic heterocycles. The van der Waals surface area contributed by atoms with Gasteiger partial charge in [-0.15, -0.1) is 0 Å². The molecule has 0 spiro atoms. The van der Waals surface area contributed by atoms with Gasteiger partial charge >= 0.3 is 0 Å². The van der Waals surface area contributed by atoms with Crippen LogP contribution in [-0.2, 0) is 4.79 Å². The van der Waals surface area contributed by atoms with Crippen LogP contribution in [0.25, 0.3) is 0 Å². The van der Waals surface area contributed by atoms with Crippen LogP contribution in [0.1, 0.15) is 37.3 Å². The summed E-state index contributed by atoms with van der Waals surface area (Å²) in [4.78, 5) is 11.9. The molecule has 0 radical (unpaired) electrons. The fourth-order valence-corrected chi connectivity index (χ4v) is 3.11. The van der Waals surface area contributed by atoms with E-state index in [2.05, 4.69) is 10.6 Å². The number of hydrogen-bond donors (Lipinski definition) is 2. The van der Waals surface area contributed by atoms with Crippen LogP contribution in [0.5, 0.6) is 0 Å². The molecule has 1 aliphatic carbocycles. The highest BCUT2D eigenvalue weighted by molar-refractivity contribution is 6.31. The lowest BCUT2D eigenvalue weighted by Crippen LogP contribution is -2.31. The molecule has 4 heteroatoms. The van der Waals surface area contributed by atoms with Gasteiger partial charge in [-0.1, -0.05) is 24.4 Å². The van der Waals surface area contributed by atoms with Gasteiger partial charge in [-0.3, -0.25) is 4.79 Å². The number of anilines is 1. The Bertz CT molecular complexity index is 469. The van der Waals surface area contributed by atoms with Gasteiger partial charge in [-0.2, -0.15) is 0 Å². The van der Waals surface area contributed by atoms with E-state index in [4.69, 9.17) is 11.6 Å². The average Bonchev–Trinajstić information content (AvgIpc) is 2.94. The molecule has 1 unspecified atom stereocenters. The summed E-state index contributed by atoms with van der Waals surface area (Å²) in [5.74, 6) is 0.756. The highest BCUT2D eigenvalue weighted by atomic mass is 35.5. The van der Waals surface area contributed by atoms with Crippen molar-refractivity contribution in [1.82, 2.24) is 5.32 Å². The van der Waals surface area contributed by atoms with Crippen molar-refractivity contribution in [2.45, 2.75) is 31.7 Å². The fourth-order valence-electron chi connectivity index (χ4n) is 2.93. The van der Waals surface area contributed by atoms with Gasteiger partial charge in [0.1, 0.15) is 6.04 Å². The molecular formula is C14H17ClN2O. The average molecular weight is 265 g/mol. The summed E-state index contributed by atoms with van der Waals surface area (Å²) in [5, 5.41) is 6.95. The molecule has 1 fully saturated rings. The van der Waals surface area contributed by atoms with Crippen molar-refractivity contribution in [3.8, 4) is 0 Å². The Hall–Kier alpha value is -1.06. The lowest BCUT2D eigenvalue weighted by molar-refractivity contribution is -0.117. The standard InChI is InChI=1S/C14H17ClN2O/c15-10-5-6-12-11(7-10)13(14(18)17-12)16-8-9-3-1-2-4-9/h5-7,9,13,16H,1-4,8H2,(H,17,18). The molecule has 1 aromatic carbocycles. The number of halogens is 1. The predicted molar refractivity (Wildman–Crippen MR) is 72.8 cm³/mol. The Labute approximate surface area is 112 Å². The SMILES string of the molecule is O=C1Nc2ccc(Cl)cc2C1NCC1CCCC1. The van der Waals surface area contributed by atoms with E-state index in [1.54, 1.807) is 6.07 Å². The Morgan fingerprint density at radius 2 is 2.11 bits per heavy atom. The normalized spacial score (nSPS) is 23.2. The van der Waals surface area contributed by atoms with E-state index in [9.17, 15) is 4.79 Å². The number of carbonyl (C=O) groups is 1. The third-order valence-electron chi connectivity index (χ3n) is 3.93. The largest absolute Gasteiger partial charge is 0.324 e. The van der Waals surface area contributed by atoms with Gasteiger partial charge in [-0.05, 0) is 43.5 Å². The first kappa shape index (κ1) is 12.0. The zero-order valence-electron chi connectivity index (χ0n) is 10.2. The van der Waals surface area contributed by atoms with Crippen LogP contribution in [0.2, 0.25) is 5.02 Å². The Balaban J connectivity index is 1.72. The molecule has 1 atom stereocenters. The molecule has 0 bridgehead atoms. The summed E-state index contributed by atoms with van der Waals surface area (Å²) in [5.41, 5.74) is 1.86. The molecule has 3 rings (SSSR count). The molecule has 18 heavy (non-hydrogen) atoms. The van der Waals surface area contributed by atoms with Crippen LogP contribution in [-0.4, -0.2) is 12.5 Å². The van der Waals surface area contributed by atoms with E-state index in [0.29, 0.717) is 5.02 Å². The second-order valence-electron chi connectivity index (χ2n) is 5.21. The van der Waals surface area contributed by atoms with Crippen molar-refractivity contribution in [2.75, 3.05) is 11.9 Å². The first-order chi connectivity index (χ1) is 8.74. The van der Waals surface area contributed by atoms with Crippen LogP contribution in [0.3, 0.4) is 0 Å². The quantitative estimate of drug-likeness (QED) is 0.881. The minimum Gasteiger partial charge on any atom is -0.324 e. The zero-order valence-corrected chi connectivity index (χ0v) is 11.0. The van der Waals surface area contributed by atoms with Crippen LogP contribution in [0.4, 0.5) is 5.69 Å². The molecule has 96 valence electrons. The zero-order chi connectivity index (χ0) is 12.5. The van der Waals surface area contributed by atoms with Crippen molar-refractivity contribution in [2.24, 2.45) is 5.92 Å². The maximum Gasteiger partial charge on any atom is 0.246 e. The maximum absolute atomic E-state index is 11.9. The summed E-state index contributed by atoms with van der Waals surface area (Å²) in [7, 11) is 0. The molecule has 2 aliphatic rings. The monoisotopic (exact) mass is 264 g/mol. The Morgan fingerprint density at radius 3 is 2.89 bits per heavy atom. The number of nitrogens with one attached hydrogen (secondary N) is 2. The Morgan fingerprint density at radius 1 is 1.33 bits per heavy atom. The van der Waals surface area contributed by atoms with E-state index in [1.165, 1.54) is 25.7 Å². The van der Waals surface area contributed by atoms with Gasteiger partial charge in [0, 0.05) is 16.3 Å². The maximum atomic E-state index is 11.9. The van der Waals surface area contributed by atoms with Crippen molar-refractivity contribution < 1.29 is 4.79 Å². The molecule has 1 heterocycles. The van der Waals surface area contributed by atoms with Crippen molar-refractivity contribution in [3.63, 3.8) is 0 Å². The van der Waals surface area contributed by atoms with Crippen LogP contribution in [0, 0.1) is 5.92 Å². The molecule has 0 aromatic heterocycles. The van der Waals surface area contributed by atoms with Gasteiger partial charge in [0.15, 0.2) is 0 Å². The van der Waals surface area contributed by atoms with E-state index in [0.717, 1.165) is 23.7 Å². The second kappa shape index (κ2) is 4.90. The van der Waals surface area contributed by atoms with Crippen LogP contribution >= 0.6 is 11.6 Å². The smallest absolute Gasteiger partial charge is 0.246 e. The van der Waals surface area contributed by atoms with Crippen molar-refractivity contribution in [3.05, 3.63) is 28.8 Å².